The monoisotopic (exact) mass is 608 g/mol. The molecule has 0 aromatic heterocycles. The predicted octanol–water partition coefficient (Wildman–Crippen LogP) is 8.22. The molecule has 3 aromatic rings. The molecule has 3 N–H and O–H groups in total. The molecule has 44 heavy (non-hydrogen) atoms. The van der Waals surface area contributed by atoms with Crippen LogP contribution in [0.15, 0.2) is 91.0 Å². The molecule has 0 saturated heterocycles. The molecule has 2 amide bonds. The molecule has 1 unspecified atom stereocenters. The van der Waals surface area contributed by atoms with Gasteiger partial charge in [-0.3, -0.25) is 0 Å². The normalized spacial score (nSPS) is 17.8. The summed E-state index contributed by atoms with van der Waals surface area (Å²) in [5.74, 6) is -1.83. The van der Waals surface area contributed by atoms with Crippen molar-refractivity contribution in [3.05, 3.63) is 119 Å². The molecule has 228 valence electrons. The lowest BCUT2D eigenvalue weighted by Gasteiger charge is -2.30. The Bertz CT molecular complexity index is 1620. The summed E-state index contributed by atoms with van der Waals surface area (Å²) in [7, 11) is 0. The third-order valence-electron chi connectivity index (χ3n) is 7.12. The molecule has 0 spiro atoms. The molecule has 1 aliphatic carbocycles. The number of hydrogen-bond donors (Lipinski definition) is 3. The van der Waals surface area contributed by atoms with Gasteiger partial charge in [-0.2, -0.15) is 8.78 Å². The summed E-state index contributed by atoms with van der Waals surface area (Å²) in [5.41, 5.74) is 3.58. The Morgan fingerprint density at radius 3 is 2.27 bits per heavy atom. The lowest BCUT2D eigenvalue weighted by molar-refractivity contribution is -0.461. The minimum atomic E-state index is -4.50. The highest BCUT2D eigenvalue weighted by Gasteiger charge is 2.54. The van der Waals surface area contributed by atoms with Gasteiger partial charge in [-0.15, -0.1) is 8.78 Å². The molecule has 5 rings (SSSR count). The molecule has 1 aliphatic heterocycles. The number of carboxylic acids is 1. The van der Waals surface area contributed by atoms with Gasteiger partial charge in [-0.25, -0.2) is 14.3 Å². The number of carbonyl (C=O) groups is 2. The van der Waals surface area contributed by atoms with Crippen molar-refractivity contribution < 1.29 is 41.7 Å². The van der Waals surface area contributed by atoms with E-state index in [0.717, 1.165) is 66.6 Å². The van der Waals surface area contributed by atoms with Gasteiger partial charge in [-0.1, -0.05) is 72.8 Å². The first-order valence-electron chi connectivity index (χ1n) is 13.8. The number of allylic oxidation sites excluding steroid dienone is 4. The first-order chi connectivity index (χ1) is 21.0. The van der Waals surface area contributed by atoms with Crippen LogP contribution in [0.1, 0.15) is 59.5 Å². The number of ether oxygens (including phenoxy) is 2. The number of urea groups is 1. The van der Waals surface area contributed by atoms with Crippen LogP contribution in [-0.4, -0.2) is 23.4 Å². The highest BCUT2D eigenvalue weighted by molar-refractivity contribution is 5.90. The largest absolute Gasteiger partial charge is 0.540 e. The third kappa shape index (κ3) is 7.54. The van der Waals surface area contributed by atoms with E-state index < -0.39 is 41.8 Å². The minimum Gasteiger partial charge on any atom is -0.478 e. The van der Waals surface area contributed by atoms with Gasteiger partial charge in [0.05, 0.1) is 11.6 Å². The van der Waals surface area contributed by atoms with Crippen LogP contribution in [0.3, 0.4) is 0 Å². The van der Waals surface area contributed by atoms with Crippen LogP contribution < -0.4 is 15.4 Å². The molecule has 1 heterocycles. The first-order valence-corrected chi connectivity index (χ1v) is 13.8. The standard InChI is InChI=1S/C33H28F4N2O5/c34-32(35)27-20-26(18-19-28(27)43-33(36,37)44-32)38-31(42)39-30(24-12-10-21(11-13-24)6-4-5-9-29(40)41)25-16-14-23(15-17-25)22-7-2-1-3-8-22/h4-7,9-20,30H,1-3,8H2,(H,40,41)(H2,38,39,42). The molecule has 7 nitrogen and oxygen atoms in total. The van der Waals surface area contributed by atoms with Crippen molar-refractivity contribution in [2.45, 2.75) is 44.1 Å². The molecule has 3 aromatic carbocycles. The van der Waals surface area contributed by atoms with Crippen molar-refractivity contribution in [2.24, 2.45) is 0 Å². The maximum atomic E-state index is 14.2. The molecule has 0 radical (unpaired) electrons. The quantitative estimate of drug-likeness (QED) is 0.136. The number of fused-ring (bicyclic) bond motifs is 1. The van der Waals surface area contributed by atoms with Crippen molar-refractivity contribution in [1.29, 1.82) is 0 Å². The summed E-state index contributed by atoms with van der Waals surface area (Å²) >= 11 is 0. The van der Waals surface area contributed by atoms with Gasteiger partial charge in [0.2, 0.25) is 0 Å². The zero-order valence-corrected chi connectivity index (χ0v) is 23.2. The first kappa shape index (κ1) is 30.6. The van der Waals surface area contributed by atoms with Crippen LogP contribution in [0, 0.1) is 0 Å². The van der Waals surface area contributed by atoms with Gasteiger partial charge in [0.25, 0.3) is 0 Å². The average molecular weight is 609 g/mol. The summed E-state index contributed by atoms with van der Waals surface area (Å²) in [4.78, 5) is 23.8. The number of anilines is 1. The fraction of sp³-hybridized carbons (Fsp3) is 0.212. The summed E-state index contributed by atoms with van der Waals surface area (Å²) in [5, 5.41) is 14.1. The zero-order chi connectivity index (χ0) is 31.3. The van der Waals surface area contributed by atoms with Gasteiger partial charge in [0.15, 0.2) is 0 Å². The summed E-state index contributed by atoms with van der Waals surface area (Å²) in [6.07, 6.45) is 3.42. The van der Waals surface area contributed by atoms with Gasteiger partial charge >= 0.3 is 24.4 Å². The smallest absolute Gasteiger partial charge is 0.478 e. The summed E-state index contributed by atoms with van der Waals surface area (Å²) in [6.45, 7) is 0. The number of carboxylic acid groups (broad SMARTS) is 1. The zero-order valence-electron chi connectivity index (χ0n) is 23.2. The number of rotatable bonds is 8. The topological polar surface area (TPSA) is 96.9 Å². The summed E-state index contributed by atoms with van der Waals surface area (Å²) in [6, 6.07) is 16.5. The Morgan fingerprint density at radius 1 is 0.909 bits per heavy atom. The van der Waals surface area contributed by atoms with Crippen molar-refractivity contribution in [3.8, 4) is 5.75 Å². The Hall–Kier alpha value is -4.90. The van der Waals surface area contributed by atoms with E-state index in [0.29, 0.717) is 5.56 Å². The molecule has 0 saturated carbocycles. The molecule has 2 aliphatic rings. The highest BCUT2D eigenvalue weighted by Crippen LogP contribution is 2.47. The fourth-order valence-corrected chi connectivity index (χ4v) is 5.03. The Labute approximate surface area is 250 Å². The second-order valence-electron chi connectivity index (χ2n) is 10.2. The number of hydrogen-bond acceptors (Lipinski definition) is 4. The van der Waals surface area contributed by atoms with Gasteiger partial charge in [0, 0.05) is 11.8 Å². The molecular weight excluding hydrogens is 580 g/mol. The van der Waals surface area contributed by atoms with Crippen LogP contribution >= 0.6 is 0 Å². The van der Waals surface area contributed by atoms with E-state index in [2.05, 4.69) is 26.2 Å². The lowest BCUT2D eigenvalue weighted by Crippen LogP contribution is -2.41. The van der Waals surface area contributed by atoms with Crippen molar-refractivity contribution in [3.63, 3.8) is 0 Å². The maximum absolute atomic E-state index is 14.2. The number of carbonyl (C=O) groups excluding carboxylic acids is 1. The Morgan fingerprint density at radius 2 is 1.61 bits per heavy atom. The fourth-order valence-electron chi connectivity index (χ4n) is 5.03. The van der Waals surface area contributed by atoms with Crippen LogP contribution in [0.25, 0.3) is 11.6 Å². The van der Waals surface area contributed by atoms with Crippen molar-refractivity contribution in [1.82, 2.24) is 5.32 Å². The van der Waals surface area contributed by atoms with Crippen molar-refractivity contribution >= 4 is 29.3 Å². The number of amides is 2. The number of benzene rings is 3. The minimum absolute atomic E-state index is 0.0911. The van der Waals surface area contributed by atoms with E-state index >= 15 is 0 Å². The second kappa shape index (κ2) is 12.8. The predicted molar refractivity (Wildman–Crippen MR) is 156 cm³/mol. The van der Waals surface area contributed by atoms with Gasteiger partial charge in [-0.05, 0) is 71.7 Å². The lowest BCUT2D eigenvalue weighted by atomic mass is 9.91. The Kier molecular flexibility index (Phi) is 8.86. The van der Waals surface area contributed by atoms with Crippen LogP contribution in [0.4, 0.5) is 28.0 Å². The Balaban J connectivity index is 1.38. The number of halogens is 4. The molecule has 0 fully saturated rings. The van der Waals surface area contributed by atoms with Crippen LogP contribution in [0.5, 0.6) is 5.75 Å². The molecule has 1 atom stereocenters. The van der Waals surface area contributed by atoms with E-state index in [9.17, 15) is 27.2 Å². The molecule has 0 bridgehead atoms. The maximum Gasteiger partial charge on any atom is 0.540 e. The number of nitrogens with one attached hydrogen (secondary N) is 2. The van der Waals surface area contributed by atoms with Crippen molar-refractivity contribution in [2.75, 3.05) is 5.32 Å². The highest BCUT2D eigenvalue weighted by atomic mass is 19.3. The average Bonchev–Trinajstić information content (AvgIpc) is 2.98. The van der Waals surface area contributed by atoms with Gasteiger partial charge in [0.1, 0.15) is 5.75 Å². The van der Waals surface area contributed by atoms with Crippen LogP contribution in [-0.2, 0) is 15.6 Å². The van der Waals surface area contributed by atoms with Crippen LogP contribution in [0.2, 0.25) is 0 Å². The molecular formula is C33H28F4N2O5. The van der Waals surface area contributed by atoms with E-state index in [1.165, 1.54) is 11.6 Å². The number of aliphatic carboxylic acids is 1. The molecule has 11 heteroatoms. The SMILES string of the molecule is O=C(O)C=CC=Cc1ccc(C(NC(=O)Nc2ccc3c(c2)C(F)(F)OC(F)(F)O3)c2ccc(C3=CCCCC3)cc2)cc1. The second-order valence-corrected chi connectivity index (χ2v) is 10.2. The van der Waals surface area contributed by atoms with E-state index in [-0.39, 0.29) is 5.69 Å². The van der Waals surface area contributed by atoms with E-state index in [1.54, 1.807) is 36.4 Å². The third-order valence-corrected chi connectivity index (χ3v) is 7.12. The van der Waals surface area contributed by atoms with E-state index in [4.69, 9.17) is 5.11 Å². The van der Waals surface area contributed by atoms with E-state index in [1.807, 2.05) is 24.3 Å². The number of alkyl halides is 4. The van der Waals surface area contributed by atoms with Gasteiger partial charge < -0.3 is 20.5 Å². The summed E-state index contributed by atoms with van der Waals surface area (Å²) < 4.78 is 62.9.